The van der Waals surface area contributed by atoms with E-state index in [1.54, 1.807) is 7.11 Å². The van der Waals surface area contributed by atoms with Crippen LogP contribution in [-0.4, -0.2) is 38.1 Å². The van der Waals surface area contributed by atoms with E-state index in [1.165, 1.54) is 0 Å². The Hall–Kier alpha value is -2.60. The lowest BCUT2D eigenvalue weighted by Crippen LogP contribution is -3.00. The largest absolute Gasteiger partial charge is 1.00 e. The molecule has 0 aliphatic rings. The molecule has 6 heteroatoms. The van der Waals surface area contributed by atoms with Crippen molar-refractivity contribution in [1.82, 2.24) is 0 Å². The highest BCUT2D eigenvalue weighted by Gasteiger charge is 2.10. The molecule has 0 saturated carbocycles. The van der Waals surface area contributed by atoms with Gasteiger partial charge in [-0.15, -0.1) is 0 Å². The topological polar surface area (TPSA) is 83.6 Å². The standard InChI is InChI=1S/C22H23NO3.ClH.H2O/c1-25-21-11-4-5-12-22(21)26-16-15-23-14-13-20(24)19-10-6-8-17-7-2-3-9-18(17)19;;/h2-12,23H,13-16H2,1H3;1H;1H2. The lowest BCUT2D eigenvalue weighted by Gasteiger charge is -2.09. The summed E-state index contributed by atoms with van der Waals surface area (Å²) in [5.41, 5.74) is 0.807. The first kappa shape index (κ1) is 23.4. The zero-order chi connectivity index (χ0) is 18.2. The van der Waals surface area contributed by atoms with Gasteiger partial charge in [0.2, 0.25) is 0 Å². The van der Waals surface area contributed by atoms with Crippen molar-refractivity contribution in [3.8, 4) is 11.5 Å². The smallest absolute Gasteiger partial charge is 0.169 e. The zero-order valence-electron chi connectivity index (χ0n) is 15.9. The number of hydrogen-bond donors (Lipinski definition) is 1. The summed E-state index contributed by atoms with van der Waals surface area (Å²) in [7, 11) is 1.63. The summed E-state index contributed by atoms with van der Waals surface area (Å²) >= 11 is 0. The van der Waals surface area contributed by atoms with Gasteiger partial charge in [-0.05, 0) is 22.9 Å². The molecule has 0 saturated heterocycles. The van der Waals surface area contributed by atoms with Crippen LogP contribution in [0.2, 0.25) is 0 Å². The second-order valence-electron chi connectivity index (χ2n) is 6.07. The van der Waals surface area contributed by atoms with E-state index in [-0.39, 0.29) is 23.7 Å². The van der Waals surface area contributed by atoms with Gasteiger partial charge in [-0.25, -0.2) is 0 Å². The summed E-state index contributed by atoms with van der Waals surface area (Å²) in [5, 5.41) is 4.24. The number of Topliss-reactive ketones (excluding diaryl/α,β-unsaturated/α-hetero) is 1. The average Bonchev–Trinajstić information content (AvgIpc) is 2.70. The fourth-order valence-electron chi connectivity index (χ4n) is 2.97. The van der Waals surface area contributed by atoms with Gasteiger partial charge in [-0.1, -0.05) is 54.6 Å². The quantitative estimate of drug-likeness (QED) is 0.376. The van der Waals surface area contributed by atoms with E-state index in [9.17, 15) is 4.79 Å². The minimum absolute atomic E-state index is 0. The van der Waals surface area contributed by atoms with Gasteiger partial charge in [-0.2, -0.15) is 0 Å². The van der Waals surface area contributed by atoms with Gasteiger partial charge in [0.05, 0.1) is 20.1 Å². The number of halogens is 1. The van der Waals surface area contributed by atoms with E-state index < -0.39 is 0 Å². The Labute approximate surface area is 171 Å². The number of methoxy groups -OCH3 is 1. The minimum atomic E-state index is 0. The van der Waals surface area contributed by atoms with Gasteiger partial charge in [-0.3, -0.25) is 4.79 Å². The van der Waals surface area contributed by atoms with E-state index in [0.29, 0.717) is 13.0 Å². The first-order valence-electron chi connectivity index (χ1n) is 8.88. The number of carbonyl (C=O) groups is 1. The second-order valence-corrected chi connectivity index (χ2v) is 6.07. The van der Waals surface area contributed by atoms with E-state index in [2.05, 4.69) is 5.32 Å². The van der Waals surface area contributed by atoms with Gasteiger partial charge in [0.25, 0.3) is 0 Å². The fraction of sp³-hybridized carbons (Fsp3) is 0.227. The van der Waals surface area contributed by atoms with Crippen molar-refractivity contribution in [2.24, 2.45) is 0 Å². The maximum absolute atomic E-state index is 12.5. The first-order chi connectivity index (χ1) is 12.8. The fourth-order valence-corrected chi connectivity index (χ4v) is 2.97. The predicted octanol–water partition coefficient (Wildman–Crippen LogP) is -0.757. The highest BCUT2D eigenvalue weighted by atomic mass is 35.5. The number of fused-ring (bicyclic) bond motifs is 1. The van der Waals surface area contributed by atoms with Gasteiger partial charge >= 0.3 is 0 Å². The highest BCUT2D eigenvalue weighted by Crippen LogP contribution is 2.25. The molecule has 0 heterocycles. The Balaban J connectivity index is 0.00000196. The Morgan fingerprint density at radius 3 is 2.36 bits per heavy atom. The molecule has 0 fully saturated rings. The molecule has 0 aromatic heterocycles. The van der Waals surface area contributed by atoms with E-state index >= 15 is 0 Å². The summed E-state index contributed by atoms with van der Waals surface area (Å²) in [6.07, 6.45) is 0.517. The summed E-state index contributed by atoms with van der Waals surface area (Å²) < 4.78 is 11.0. The third-order valence-corrected chi connectivity index (χ3v) is 4.31. The highest BCUT2D eigenvalue weighted by molar-refractivity contribution is 6.08. The summed E-state index contributed by atoms with van der Waals surface area (Å²) in [6, 6.07) is 21.5. The number of hydrogen-bond acceptors (Lipinski definition) is 3. The number of para-hydroxylation sites is 2. The number of quaternary nitrogens is 1. The van der Waals surface area contributed by atoms with Crippen molar-refractivity contribution in [3.63, 3.8) is 0 Å². The molecule has 3 rings (SSSR count). The molecule has 28 heavy (non-hydrogen) atoms. The Kier molecular flexibility index (Phi) is 10.0. The average molecular weight is 404 g/mol. The Bertz CT molecular complexity index is 880. The van der Waals surface area contributed by atoms with Crippen molar-refractivity contribution in [3.05, 3.63) is 72.3 Å². The molecule has 0 bridgehead atoms. The zero-order valence-corrected chi connectivity index (χ0v) is 16.6. The van der Waals surface area contributed by atoms with Crippen molar-refractivity contribution in [2.75, 3.05) is 26.8 Å². The van der Waals surface area contributed by atoms with Crippen LogP contribution in [0.5, 0.6) is 11.5 Å². The summed E-state index contributed by atoms with van der Waals surface area (Å²) in [4.78, 5) is 12.5. The lowest BCUT2D eigenvalue weighted by molar-refractivity contribution is -0.654. The van der Waals surface area contributed by atoms with Gasteiger partial charge < -0.3 is 32.7 Å². The number of ether oxygens (including phenoxy) is 2. The lowest BCUT2D eigenvalue weighted by atomic mass is 10.00. The van der Waals surface area contributed by atoms with Crippen molar-refractivity contribution >= 4 is 16.6 Å². The predicted molar refractivity (Wildman–Crippen MR) is 107 cm³/mol. The van der Waals surface area contributed by atoms with Crippen LogP contribution in [-0.2, 0) is 0 Å². The molecular weight excluding hydrogens is 378 g/mol. The Morgan fingerprint density at radius 2 is 1.57 bits per heavy atom. The van der Waals surface area contributed by atoms with Crippen LogP contribution >= 0.6 is 0 Å². The summed E-state index contributed by atoms with van der Waals surface area (Å²) in [6.45, 7) is 2.11. The second kappa shape index (κ2) is 12.0. The third kappa shape index (κ3) is 5.96. The van der Waals surface area contributed by atoms with Crippen LogP contribution in [0.25, 0.3) is 10.8 Å². The van der Waals surface area contributed by atoms with Gasteiger partial charge in [0, 0.05) is 5.56 Å². The maximum atomic E-state index is 12.5. The normalized spacial score (nSPS) is 9.89. The van der Waals surface area contributed by atoms with Crippen molar-refractivity contribution < 1.29 is 37.5 Å². The van der Waals surface area contributed by atoms with E-state index in [4.69, 9.17) is 9.47 Å². The molecule has 5 nitrogen and oxygen atoms in total. The Morgan fingerprint density at radius 1 is 0.893 bits per heavy atom. The van der Waals surface area contributed by atoms with Gasteiger partial charge in [0.15, 0.2) is 17.3 Å². The molecule has 0 aliphatic carbocycles. The van der Waals surface area contributed by atoms with Crippen LogP contribution in [0.15, 0.2) is 66.7 Å². The van der Waals surface area contributed by atoms with Crippen LogP contribution < -0.4 is 27.2 Å². The first-order valence-corrected chi connectivity index (χ1v) is 8.88. The number of nitrogens with two attached hydrogens (primary N) is 1. The molecule has 0 radical (unpaired) electrons. The number of ketones is 1. The van der Waals surface area contributed by atoms with E-state index in [1.807, 2.05) is 66.7 Å². The molecule has 0 atom stereocenters. The number of benzene rings is 3. The van der Waals surface area contributed by atoms with E-state index in [0.717, 1.165) is 40.9 Å². The SMILES string of the molecule is COc1ccccc1OCC[NH2+]CCC(=O)c1cccc2ccccc12.O.[Cl-]. The van der Waals surface area contributed by atoms with Crippen LogP contribution in [0, 0.1) is 0 Å². The monoisotopic (exact) mass is 403 g/mol. The molecule has 3 aromatic carbocycles. The molecular formula is C22H26ClNO4. The van der Waals surface area contributed by atoms with Crippen molar-refractivity contribution in [1.29, 1.82) is 0 Å². The summed E-state index contributed by atoms with van der Waals surface area (Å²) in [5.74, 6) is 1.66. The molecule has 3 aromatic rings. The number of rotatable bonds is 9. The molecule has 0 aliphatic heterocycles. The molecule has 150 valence electrons. The maximum Gasteiger partial charge on any atom is 0.169 e. The molecule has 0 unspecified atom stereocenters. The third-order valence-electron chi connectivity index (χ3n) is 4.31. The van der Waals surface area contributed by atoms with Crippen LogP contribution in [0.4, 0.5) is 0 Å². The van der Waals surface area contributed by atoms with Gasteiger partial charge in [0.1, 0.15) is 13.2 Å². The molecule has 4 N–H and O–H groups in total. The minimum Gasteiger partial charge on any atom is -1.00 e. The molecule has 0 spiro atoms. The molecule has 0 amide bonds. The van der Waals surface area contributed by atoms with Crippen molar-refractivity contribution in [2.45, 2.75) is 6.42 Å². The van der Waals surface area contributed by atoms with Crippen LogP contribution in [0.3, 0.4) is 0 Å². The van der Waals surface area contributed by atoms with Crippen LogP contribution in [0.1, 0.15) is 16.8 Å². The number of carbonyl (C=O) groups excluding carboxylic acids is 1.